The summed E-state index contributed by atoms with van der Waals surface area (Å²) in [5, 5.41) is 3.45. The fourth-order valence-electron chi connectivity index (χ4n) is 5.82. The highest BCUT2D eigenvalue weighted by Crippen LogP contribution is 2.39. The molecule has 6 nitrogen and oxygen atoms in total. The summed E-state index contributed by atoms with van der Waals surface area (Å²) in [7, 11) is 0. The second-order valence-electron chi connectivity index (χ2n) is 11.2. The minimum atomic E-state index is -1.08. The second-order valence-corrected chi connectivity index (χ2v) is 11.2. The highest BCUT2D eigenvalue weighted by Gasteiger charge is 2.32. The molecule has 1 aliphatic carbocycles. The maximum atomic E-state index is 13.4. The minimum absolute atomic E-state index is 0.0221. The molecule has 2 aromatic carbocycles. The second kappa shape index (κ2) is 13.2. The van der Waals surface area contributed by atoms with E-state index in [1.807, 2.05) is 24.3 Å². The molecule has 0 aromatic heterocycles. The zero-order valence-electron chi connectivity index (χ0n) is 23.3. The number of carbonyl (C=O) groups excluding carboxylic acids is 2. The Hall–Kier alpha value is -3.02. The van der Waals surface area contributed by atoms with E-state index in [9.17, 15) is 9.59 Å². The summed E-state index contributed by atoms with van der Waals surface area (Å²) in [5.74, 6) is 0.666. The van der Waals surface area contributed by atoms with Gasteiger partial charge in [-0.3, -0.25) is 4.79 Å². The van der Waals surface area contributed by atoms with E-state index in [2.05, 4.69) is 34.5 Å². The van der Waals surface area contributed by atoms with Gasteiger partial charge in [-0.2, -0.15) is 0 Å². The van der Waals surface area contributed by atoms with Gasteiger partial charge in [0, 0.05) is 18.8 Å². The largest absolute Gasteiger partial charge is 0.476 e. The molecule has 1 saturated heterocycles. The Balaban J connectivity index is 1.46. The Kier molecular flexibility index (Phi) is 9.70. The Morgan fingerprint density at radius 3 is 2.29 bits per heavy atom. The van der Waals surface area contributed by atoms with Crippen LogP contribution in [-0.4, -0.2) is 37.2 Å². The van der Waals surface area contributed by atoms with Crippen LogP contribution >= 0.6 is 0 Å². The Morgan fingerprint density at radius 1 is 0.947 bits per heavy atom. The number of piperidine rings is 1. The molecule has 1 unspecified atom stereocenters. The van der Waals surface area contributed by atoms with Crippen LogP contribution in [0.2, 0.25) is 0 Å². The third kappa shape index (κ3) is 7.30. The molecule has 38 heavy (non-hydrogen) atoms. The third-order valence-electron chi connectivity index (χ3n) is 7.83. The highest BCUT2D eigenvalue weighted by atomic mass is 16.6. The molecule has 2 fully saturated rings. The summed E-state index contributed by atoms with van der Waals surface area (Å²) in [6.45, 7) is 7.65. The van der Waals surface area contributed by atoms with Crippen molar-refractivity contribution in [1.82, 2.24) is 5.32 Å². The maximum absolute atomic E-state index is 13.4. The van der Waals surface area contributed by atoms with Gasteiger partial charge in [0.1, 0.15) is 5.75 Å². The molecule has 206 valence electrons. The standard InChI is InChI=1S/C32H44N2O4/c1-4-37-31(36)32(2,3)38-26-19-17-24(18-20-26)23-29(35)33-30(25-13-7-5-8-14-25)27-15-9-10-16-28(27)34-21-11-6-12-22-34/h9-10,15-20,25,30H,4-8,11-14,21-23H2,1-3H3,(H,33,35). The number of nitrogens with zero attached hydrogens (tertiary/aromatic N) is 1. The average Bonchev–Trinajstić information content (AvgIpc) is 2.94. The van der Waals surface area contributed by atoms with E-state index in [0.717, 1.165) is 31.5 Å². The Labute approximate surface area is 228 Å². The Morgan fingerprint density at radius 2 is 1.61 bits per heavy atom. The molecule has 1 amide bonds. The number of hydrogen-bond donors (Lipinski definition) is 1. The fraction of sp³-hybridized carbons (Fsp3) is 0.562. The monoisotopic (exact) mass is 520 g/mol. The van der Waals surface area contributed by atoms with Gasteiger partial charge in [0.25, 0.3) is 0 Å². The molecule has 2 aromatic rings. The quantitative estimate of drug-likeness (QED) is 0.368. The van der Waals surface area contributed by atoms with Crippen molar-refractivity contribution in [2.75, 3.05) is 24.6 Å². The van der Waals surface area contributed by atoms with Crippen molar-refractivity contribution in [2.45, 2.75) is 90.2 Å². The summed E-state index contributed by atoms with van der Waals surface area (Å²) in [4.78, 5) is 28.0. The van der Waals surface area contributed by atoms with Crippen LogP contribution < -0.4 is 15.0 Å². The van der Waals surface area contributed by atoms with Crippen molar-refractivity contribution in [3.05, 3.63) is 59.7 Å². The van der Waals surface area contributed by atoms with E-state index in [1.54, 1.807) is 20.8 Å². The van der Waals surface area contributed by atoms with E-state index in [1.165, 1.54) is 49.8 Å². The van der Waals surface area contributed by atoms with Crippen LogP contribution in [0.1, 0.15) is 89.3 Å². The summed E-state index contributed by atoms with van der Waals surface area (Å²) in [5.41, 5.74) is 2.38. The Bertz CT molecular complexity index is 1050. The normalized spacial score (nSPS) is 17.5. The summed E-state index contributed by atoms with van der Waals surface area (Å²) in [6.07, 6.45) is 10.1. The molecule has 0 bridgehead atoms. The van der Waals surface area contributed by atoms with Gasteiger partial charge in [0.2, 0.25) is 5.91 Å². The van der Waals surface area contributed by atoms with Crippen LogP contribution in [0, 0.1) is 5.92 Å². The van der Waals surface area contributed by atoms with Crippen LogP contribution in [-0.2, 0) is 20.7 Å². The molecule has 2 aliphatic rings. The lowest BCUT2D eigenvalue weighted by Crippen LogP contribution is -2.39. The van der Waals surface area contributed by atoms with Crippen molar-refractivity contribution in [1.29, 1.82) is 0 Å². The third-order valence-corrected chi connectivity index (χ3v) is 7.83. The summed E-state index contributed by atoms with van der Waals surface area (Å²) < 4.78 is 11.0. The topological polar surface area (TPSA) is 67.9 Å². The van der Waals surface area contributed by atoms with Gasteiger partial charge in [-0.1, -0.05) is 49.6 Å². The number of para-hydroxylation sites is 1. The number of carbonyl (C=O) groups is 2. The molecule has 0 radical (unpaired) electrons. The van der Waals surface area contributed by atoms with Gasteiger partial charge in [-0.05, 0) is 88.1 Å². The lowest BCUT2D eigenvalue weighted by molar-refractivity contribution is -0.158. The predicted molar refractivity (Wildman–Crippen MR) is 151 cm³/mol. The molecule has 0 spiro atoms. The zero-order valence-corrected chi connectivity index (χ0v) is 23.3. The first-order valence-corrected chi connectivity index (χ1v) is 14.5. The number of anilines is 1. The lowest BCUT2D eigenvalue weighted by atomic mass is 9.80. The zero-order chi connectivity index (χ0) is 27.0. The lowest BCUT2D eigenvalue weighted by Gasteiger charge is -2.36. The van der Waals surface area contributed by atoms with Gasteiger partial charge >= 0.3 is 5.97 Å². The summed E-state index contributed by atoms with van der Waals surface area (Å²) in [6, 6.07) is 16.1. The van der Waals surface area contributed by atoms with Gasteiger partial charge in [-0.15, -0.1) is 0 Å². The van der Waals surface area contributed by atoms with Crippen LogP contribution in [0.4, 0.5) is 5.69 Å². The first kappa shape index (κ1) is 28.0. The number of ether oxygens (including phenoxy) is 2. The van der Waals surface area contributed by atoms with E-state index in [-0.39, 0.29) is 11.9 Å². The van der Waals surface area contributed by atoms with Crippen LogP contribution in [0.25, 0.3) is 0 Å². The number of esters is 1. The molecule has 1 heterocycles. The number of benzene rings is 2. The predicted octanol–water partition coefficient (Wildman–Crippen LogP) is 6.38. The number of amides is 1. The first-order valence-electron chi connectivity index (χ1n) is 14.5. The molecule has 1 saturated carbocycles. The van der Waals surface area contributed by atoms with Crippen LogP contribution in [0.3, 0.4) is 0 Å². The molecule has 6 heteroatoms. The first-order chi connectivity index (χ1) is 18.4. The van der Waals surface area contributed by atoms with E-state index in [4.69, 9.17) is 9.47 Å². The van der Waals surface area contributed by atoms with Gasteiger partial charge in [0.05, 0.1) is 19.1 Å². The number of nitrogens with one attached hydrogen (secondary N) is 1. The minimum Gasteiger partial charge on any atom is -0.476 e. The van der Waals surface area contributed by atoms with E-state index < -0.39 is 11.6 Å². The SMILES string of the molecule is CCOC(=O)C(C)(C)Oc1ccc(CC(=O)NC(c2ccccc2N2CCCCC2)C2CCCCC2)cc1. The fourth-order valence-corrected chi connectivity index (χ4v) is 5.82. The van der Waals surface area contributed by atoms with Crippen molar-refractivity contribution >= 4 is 17.6 Å². The highest BCUT2D eigenvalue weighted by molar-refractivity contribution is 5.80. The van der Waals surface area contributed by atoms with Crippen LogP contribution in [0.5, 0.6) is 5.75 Å². The van der Waals surface area contributed by atoms with Crippen molar-refractivity contribution < 1.29 is 19.1 Å². The molecule has 4 rings (SSSR count). The van der Waals surface area contributed by atoms with Crippen molar-refractivity contribution in [3.63, 3.8) is 0 Å². The van der Waals surface area contributed by atoms with E-state index in [0.29, 0.717) is 24.7 Å². The number of hydrogen-bond acceptors (Lipinski definition) is 5. The summed E-state index contributed by atoms with van der Waals surface area (Å²) >= 11 is 0. The molecular weight excluding hydrogens is 476 g/mol. The van der Waals surface area contributed by atoms with E-state index >= 15 is 0 Å². The molecule has 1 atom stereocenters. The van der Waals surface area contributed by atoms with Crippen molar-refractivity contribution in [3.8, 4) is 5.75 Å². The van der Waals surface area contributed by atoms with Crippen molar-refractivity contribution in [2.24, 2.45) is 5.92 Å². The van der Waals surface area contributed by atoms with Gasteiger partial charge < -0.3 is 19.7 Å². The molecule has 1 aliphatic heterocycles. The van der Waals surface area contributed by atoms with Gasteiger partial charge in [-0.25, -0.2) is 4.79 Å². The molecule has 1 N–H and O–H groups in total. The molecular formula is C32H44N2O4. The van der Waals surface area contributed by atoms with Gasteiger partial charge in [0.15, 0.2) is 5.60 Å². The smallest absolute Gasteiger partial charge is 0.349 e. The number of rotatable bonds is 10. The van der Waals surface area contributed by atoms with Crippen LogP contribution in [0.15, 0.2) is 48.5 Å². The maximum Gasteiger partial charge on any atom is 0.349 e. The average molecular weight is 521 g/mol.